The number of aryl methyl sites for hydroxylation is 3. The highest BCUT2D eigenvalue weighted by atomic mass is 35.5. The van der Waals surface area contributed by atoms with E-state index in [2.05, 4.69) is 85.8 Å². The number of nitrogens with zero attached hydrogens (tertiary/aromatic N) is 2. The van der Waals surface area contributed by atoms with E-state index in [0.29, 0.717) is 6.61 Å². The lowest BCUT2D eigenvalue weighted by atomic mass is 10.1. The highest BCUT2D eigenvalue weighted by Gasteiger charge is 2.17. The molecule has 4 rings (SSSR count). The largest absolute Gasteiger partial charge is 0.487 e. The molecule has 0 saturated carbocycles. The van der Waals surface area contributed by atoms with Gasteiger partial charge in [-0.05, 0) is 44.4 Å². The van der Waals surface area contributed by atoms with Crippen LogP contribution in [0.4, 0.5) is 0 Å². The fourth-order valence-corrected chi connectivity index (χ4v) is 3.78. The van der Waals surface area contributed by atoms with Crippen LogP contribution in [0.15, 0.2) is 60.8 Å². The molecule has 2 aromatic carbocycles. The van der Waals surface area contributed by atoms with Crippen molar-refractivity contribution in [1.82, 2.24) is 9.55 Å². The minimum atomic E-state index is 0. The number of rotatable bonds is 5. The van der Waals surface area contributed by atoms with Gasteiger partial charge in [0.1, 0.15) is 17.9 Å². The predicted molar refractivity (Wildman–Crippen MR) is 122 cm³/mol. The smallest absolute Gasteiger partial charge is 0.147 e. The van der Waals surface area contributed by atoms with Crippen molar-refractivity contribution >= 4 is 23.4 Å². The lowest BCUT2D eigenvalue weighted by Gasteiger charge is -2.13. The molecule has 4 heteroatoms. The van der Waals surface area contributed by atoms with Crippen LogP contribution in [-0.4, -0.2) is 9.55 Å². The summed E-state index contributed by atoms with van der Waals surface area (Å²) in [6, 6.07) is 19.1. The van der Waals surface area contributed by atoms with Gasteiger partial charge in [0.05, 0.1) is 5.52 Å². The first-order chi connectivity index (χ1) is 13.5. The predicted octanol–water partition coefficient (Wildman–Crippen LogP) is 6.32. The fraction of sp³-hybridized carbons (Fsp3) is 0.240. The van der Waals surface area contributed by atoms with Crippen LogP contribution in [-0.2, 0) is 13.2 Å². The molecule has 0 bridgehead atoms. The summed E-state index contributed by atoms with van der Waals surface area (Å²) >= 11 is 0. The van der Waals surface area contributed by atoms with E-state index in [0.717, 1.165) is 23.3 Å². The van der Waals surface area contributed by atoms with Gasteiger partial charge < -0.3 is 9.30 Å². The van der Waals surface area contributed by atoms with E-state index in [4.69, 9.17) is 4.74 Å². The Morgan fingerprint density at radius 2 is 1.52 bits per heavy atom. The van der Waals surface area contributed by atoms with E-state index in [1.54, 1.807) is 0 Å². The van der Waals surface area contributed by atoms with Crippen LogP contribution in [0.5, 0.6) is 5.75 Å². The van der Waals surface area contributed by atoms with Crippen molar-refractivity contribution in [3.8, 4) is 5.75 Å². The Hall–Kier alpha value is -2.78. The van der Waals surface area contributed by atoms with Gasteiger partial charge in [-0.2, -0.15) is 0 Å². The molecule has 150 valence electrons. The third-order valence-corrected chi connectivity index (χ3v) is 5.36. The molecule has 2 heterocycles. The monoisotopic (exact) mass is 406 g/mol. The highest BCUT2D eigenvalue weighted by Crippen LogP contribution is 2.32. The Kier molecular flexibility index (Phi) is 6.29. The molecular weight excluding hydrogens is 380 g/mol. The second-order valence-corrected chi connectivity index (χ2v) is 7.57. The summed E-state index contributed by atoms with van der Waals surface area (Å²) in [7, 11) is 0. The third-order valence-electron chi connectivity index (χ3n) is 5.36. The van der Waals surface area contributed by atoms with Crippen molar-refractivity contribution in [3.63, 3.8) is 0 Å². The van der Waals surface area contributed by atoms with Crippen LogP contribution in [0.25, 0.3) is 11.0 Å². The van der Waals surface area contributed by atoms with Crippen LogP contribution in [0, 0.1) is 27.7 Å². The Morgan fingerprint density at radius 1 is 0.862 bits per heavy atom. The highest BCUT2D eigenvalue weighted by molar-refractivity contribution is 5.86. The second kappa shape index (κ2) is 8.71. The number of aromatic nitrogens is 2. The van der Waals surface area contributed by atoms with Gasteiger partial charge in [0.2, 0.25) is 0 Å². The first kappa shape index (κ1) is 20.9. The first-order valence-corrected chi connectivity index (χ1v) is 9.71. The molecule has 0 radical (unpaired) electrons. The summed E-state index contributed by atoms with van der Waals surface area (Å²) in [5.74, 6) is 0.885. The van der Waals surface area contributed by atoms with Gasteiger partial charge in [0.15, 0.2) is 0 Å². The zero-order chi connectivity index (χ0) is 19.7. The van der Waals surface area contributed by atoms with Crippen LogP contribution in [0.1, 0.15) is 33.5 Å². The van der Waals surface area contributed by atoms with Crippen LogP contribution < -0.4 is 4.74 Å². The molecule has 0 aliphatic carbocycles. The normalized spacial score (nSPS) is 10.8. The number of halogens is 1. The summed E-state index contributed by atoms with van der Waals surface area (Å²) in [5, 5.41) is 0. The molecule has 0 unspecified atom stereocenters. The maximum atomic E-state index is 6.27. The van der Waals surface area contributed by atoms with Crippen molar-refractivity contribution in [1.29, 1.82) is 0 Å². The van der Waals surface area contributed by atoms with Crippen LogP contribution in [0.2, 0.25) is 0 Å². The minimum absolute atomic E-state index is 0. The summed E-state index contributed by atoms with van der Waals surface area (Å²) < 4.78 is 8.60. The summed E-state index contributed by atoms with van der Waals surface area (Å²) in [6.07, 6.45) is 1.84. The van der Waals surface area contributed by atoms with E-state index in [1.165, 1.54) is 33.5 Å². The molecule has 4 aromatic rings. The van der Waals surface area contributed by atoms with Crippen molar-refractivity contribution in [3.05, 3.63) is 94.3 Å². The van der Waals surface area contributed by atoms with E-state index in [-0.39, 0.29) is 12.4 Å². The van der Waals surface area contributed by atoms with Crippen molar-refractivity contribution in [2.75, 3.05) is 0 Å². The molecule has 0 spiro atoms. The van der Waals surface area contributed by atoms with Crippen molar-refractivity contribution in [2.24, 2.45) is 0 Å². The van der Waals surface area contributed by atoms with E-state index >= 15 is 0 Å². The zero-order valence-electron chi connectivity index (χ0n) is 17.4. The summed E-state index contributed by atoms with van der Waals surface area (Å²) in [6.45, 7) is 9.90. The summed E-state index contributed by atoms with van der Waals surface area (Å²) in [4.78, 5) is 4.65. The Balaban J connectivity index is 0.00000240. The van der Waals surface area contributed by atoms with E-state index < -0.39 is 0 Å². The van der Waals surface area contributed by atoms with Gasteiger partial charge in [0.25, 0.3) is 0 Å². The lowest BCUT2D eigenvalue weighted by Crippen LogP contribution is -2.04. The first-order valence-electron chi connectivity index (χ1n) is 9.71. The molecule has 3 nitrogen and oxygen atoms in total. The van der Waals surface area contributed by atoms with Gasteiger partial charge in [0, 0.05) is 24.5 Å². The average Bonchev–Trinajstić information content (AvgIpc) is 2.92. The number of hydrogen-bond acceptors (Lipinski definition) is 2. The second-order valence-electron chi connectivity index (χ2n) is 7.57. The van der Waals surface area contributed by atoms with Crippen molar-refractivity contribution in [2.45, 2.75) is 40.8 Å². The lowest BCUT2D eigenvalue weighted by molar-refractivity contribution is 0.308. The molecular formula is C25H27ClN2O. The number of ether oxygens (including phenoxy) is 1. The van der Waals surface area contributed by atoms with Crippen LogP contribution in [0.3, 0.4) is 0 Å². The maximum absolute atomic E-state index is 6.27. The molecule has 0 N–H and O–H groups in total. The molecule has 0 atom stereocenters. The average molecular weight is 407 g/mol. The third kappa shape index (κ3) is 4.30. The van der Waals surface area contributed by atoms with Gasteiger partial charge in [-0.1, -0.05) is 59.7 Å². The van der Waals surface area contributed by atoms with Gasteiger partial charge in [-0.3, -0.25) is 4.98 Å². The Morgan fingerprint density at radius 3 is 2.21 bits per heavy atom. The molecule has 0 fully saturated rings. The quantitative estimate of drug-likeness (QED) is 0.387. The Labute approximate surface area is 178 Å². The van der Waals surface area contributed by atoms with Crippen molar-refractivity contribution < 1.29 is 4.74 Å². The van der Waals surface area contributed by atoms with E-state index in [1.807, 2.05) is 12.3 Å². The van der Waals surface area contributed by atoms with Crippen LogP contribution >= 0.6 is 12.4 Å². The standard InChI is InChI=1S/C25H26N2O.ClH/c1-17-7-5-9-21(13-17)15-27-20(4)19(3)24-25(27)23(11-12-26-24)28-16-22-10-6-8-18(2)14-22;/h5-14H,15-16H2,1-4H3;1H. The molecule has 0 aliphatic rings. The number of pyridine rings is 1. The molecule has 0 aliphatic heterocycles. The maximum Gasteiger partial charge on any atom is 0.147 e. The zero-order valence-corrected chi connectivity index (χ0v) is 18.2. The van der Waals surface area contributed by atoms with Gasteiger partial charge >= 0.3 is 0 Å². The molecule has 29 heavy (non-hydrogen) atoms. The fourth-order valence-electron chi connectivity index (χ4n) is 3.78. The number of benzene rings is 2. The SMILES string of the molecule is Cc1cccc(COc2ccnc3c(C)c(C)n(Cc4cccc(C)c4)c23)c1.Cl. The van der Waals surface area contributed by atoms with Gasteiger partial charge in [-0.15, -0.1) is 12.4 Å². The van der Waals surface area contributed by atoms with Gasteiger partial charge in [-0.25, -0.2) is 0 Å². The molecule has 2 aromatic heterocycles. The number of hydrogen-bond donors (Lipinski definition) is 0. The minimum Gasteiger partial charge on any atom is -0.487 e. The summed E-state index contributed by atoms with van der Waals surface area (Å²) in [5.41, 5.74) is 9.52. The van der Waals surface area contributed by atoms with E-state index in [9.17, 15) is 0 Å². The molecule has 0 amide bonds. The number of fused-ring (bicyclic) bond motifs is 1. The topological polar surface area (TPSA) is 27.1 Å². The molecule has 0 saturated heterocycles. The Bertz CT molecular complexity index is 1150.